The van der Waals surface area contributed by atoms with Gasteiger partial charge >= 0.3 is 12.4 Å². The van der Waals surface area contributed by atoms with E-state index in [4.69, 9.17) is 5.73 Å². The van der Waals surface area contributed by atoms with E-state index in [-0.39, 0.29) is 28.4 Å². The minimum atomic E-state index is -4.68. The molecule has 170 valence electrons. The van der Waals surface area contributed by atoms with Gasteiger partial charge in [0.05, 0.1) is 23.0 Å². The van der Waals surface area contributed by atoms with E-state index in [1.807, 2.05) is 0 Å². The van der Waals surface area contributed by atoms with Gasteiger partial charge in [-0.3, -0.25) is 9.78 Å². The first kappa shape index (κ1) is 22.0. The molecular weight excluding hydrogens is 454 g/mol. The van der Waals surface area contributed by atoms with Crippen molar-refractivity contribution in [2.45, 2.75) is 12.4 Å². The molecule has 7 nitrogen and oxygen atoms in total. The molecule has 0 aliphatic carbocycles. The maximum Gasteiger partial charge on any atom is 0.418 e. The second-order valence-electron chi connectivity index (χ2n) is 6.79. The number of nitrogens with two attached hydrogens (primary N) is 1. The molecule has 0 bridgehead atoms. The van der Waals surface area contributed by atoms with E-state index in [1.165, 1.54) is 12.3 Å². The van der Waals surface area contributed by atoms with Gasteiger partial charge in [0.15, 0.2) is 5.69 Å². The van der Waals surface area contributed by atoms with Crippen LogP contribution in [0.15, 0.2) is 54.9 Å². The van der Waals surface area contributed by atoms with Gasteiger partial charge in [0.2, 0.25) is 5.95 Å². The fourth-order valence-corrected chi connectivity index (χ4v) is 3.10. The number of rotatable bonds is 4. The van der Waals surface area contributed by atoms with Crippen molar-refractivity contribution in [3.63, 3.8) is 0 Å². The van der Waals surface area contributed by atoms with Crippen LogP contribution in [-0.2, 0) is 12.4 Å². The average Bonchev–Trinajstić information content (AvgIpc) is 3.11. The van der Waals surface area contributed by atoms with Gasteiger partial charge in [-0.15, -0.1) is 0 Å². The van der Waals surface area contributed by atoms with Gasteiger partial charge in [-0.25, -0.2) is 4.98 Å². The fourth-order valence-electron chi connectivity index (χ4n) is 3.10. The Kier molecular flexibility index (Phi) is 5.18. The third-order valence-corrected chi connectivity index (χ3v) is 4.58. The van der Waals surface area contributed by atoms with Gasteiger partial charge in [-0.1, -0.05) is 0 Å². The van der Waals surface area contributed by atoms with Gasteiger partial charge < -0.3 is 11.1 Å². The van der Waals surface area contributed by atoms with Crippen molar-refractivity contribution in [2.24, 2.45) is 5.73 Å². The molecule has 0 saturated carbocycles. The lowest BCUT2D eigenvalue weighted by atomic mass is 10.1. The number of halogens is 6. The summed E-state index contributed by atoms with van der Waals surface area (Å²) in [4.78, 5) is 19.7. The number of aromatic nitrogens is 4. The Morgan fingerprint density at radius 1 is 1.00 bits per heavy atom. The molecule has 0 aliphatic rings. The zero-order valence-electron chi connectivity index (χ0n) is 16.2. The van der Waals surface area contributed by atoms with E-state index in [0.29, 0.717) is 0 Å². The maximum absolute atomic E-state index is 13.4. The molecular formula is C20H12F6N6O. The van der Waals surface area contributed by atoms with Crippen LogP contribution < -0.4 is 11.1 Å². The highest BCUT2D eigenvalue weighted by Gasteiger charge is 2.34. The molecule has 1 amide bonds. The summed E-state index contributed by atoms with van der Waals surface area (Å²) in [6.45, 7) is 0. The van der Waals surface area contributed by atoms with Crippen molar-refractivity contribution in [2.75, 3.05) is 5.32 Å². The van der Waals surface area contributed by atoms with Gasteiger partial charge in [0.1, 0.15) is 5.52 Å². The summed E-state index contributed by atoms with van der Waals surface area (Å²) in [6, 6.07) is 7.19. The Bertz CT molecular complexity index is 1340. The van der Waals surface area contributed by atoms with Gasteiger partial charge in [-0.2, -0.15) is 36.0 Å². The molecule has 0 unspecified atom stereocenters. The highest BCUT2D eigenvalue weighted by molar-refractivity contribution is 5.99. The first-order chi connectivity index (χ1) is 15.4. The van der Waals surface area contributed by atoms with E-state index in [9.17, 15) is 31.1 Å². The lowest BCUT2D eigenvalue weighted by Gasteiger charge is -2.12. The molecule has 3 N–H and O–H groups in total. The number of hydrogen-bond acceptors (Lipinski definition) is 5. The molecule has 4 rings (SSSR count). The second-order valence-corrected chi connectivity index (χ2v) is 6.79. The van der Waals surface area contributed by atoms with E-state index in [1.54, 1.807) is 0 Å². The standard InChI is InChI=1S/C20H12F6N6O/c21-19(22,23)11-3-5-12(6-4-11)30-18-31-16(17(27)33)14-8-10(9-29-32(14)18)15-13(20(24,25)26)2-1-7-28-15/h1-9H,(H2,27,33)(H,30,31). The normalized spacial score (nSPS) is 12.2. The summed E-state index contributed by atoms with van der Waals surface area (Å²) >= 11 is 0. The second kappa shape index (κ2) is 7.76. The molecule has 0 fully saturated rings. The molecule has 0 saturated heterocycles. The Balaban J connectivity index is 1.78. The molecule has 0 aliphatic heterocycles. The van der Waals surface area contributed by atoms with E-state index < -0.39 is 35.1 Å². The molecule has 33 heavy (non-hydrogen) atoms. The molecule has 3 heterocycles. The number of pyridine rings is 1. The van der Waals surface area contributed by atoms with Crippen molar-refractivity contribution in [1.82, 2.24) is 19.6 Å². The van der Waals surface area contributed by atoms with Crippen molar-refractivity contribution >= 4 is 23.1 Å². The number of alkyl halides is 6. The fraction of sp³-hybridized carbons (Fsp3) is 0.100. The van der Waals surface area contributed by atoms with Gasteiger partial charge in [0, 0.05) is 17.4 Å². The quantitative estimate of drug-likeness (QED) is 0.426. The third-order valence-electron chi connectivity index (χ3n) is 4.58. The number of nitrogens with zero attached hydrogens (tertiary/aromatic N) is 4. The van der Waals surface area contributed by atoms with Gasteiger partial charge in [0.25, 0.3) is 5.91 Å². The molecule has 3 aromatic heterocycles. The molecule has 0 radical (unpaired) electrons. The Labute approximate surface area is 180 Å². The number of carbonyl (C=O) groups excluding carboxylic acids is 1. The van der Waals surface area contributed by atoms with Crippen molar-refractivity contribution in [1.29, 1.82) is 0 Å². The highest BCUT2D eigenvalue weighted by atomic mass is 19.4. The number of primary amides is 1. The molecule has 1 aromatic carbocycles. The van der Waals surface area contributed by atoms with Crippen LogP contribution in [0.4, 0.5) is 38.0 Å². The highest BCUT2D eigenvalue weighted by Crippen LogP contribution is 2.36. The smallest absolute Gasteiger partial charge is 0.364 e. The minimum Gasteiger partial charge on any atom is -0.364 e. The summed E-state index contributed by atoms with van der Waals surface area (Å²) in [7, 11) is 0. The topological polar surface area (TPSA) is 98.2 Å². The first-order valence-electron chi connectivity index (χ1n) is 9.10. The number of anilines is 2. The zero-order valence-corrected chi connectivity index (χ0v) is 16.2. The largest absolute Gasteiger partial charge is 0.418 e. The predicted octanol–water partition coefficient (Wildman–Crippen LogP) is 4.67. The molecule has 0 atom stereocenters. The Morgan fingerprint density at radius 2 is 1.70 bits per heavy atom. The van der Waals surface area contributed by atoms with Gasteiger partial charge in [-0.05, 0) is 42.5 Å². The van der Waals surface area contributed by atoms with Crippen LogP contribution in [0.2, 0.25) is 0 Å². The van der Waals surface area contributed by atoms with Crippen LogP contribution in [-0.4, -0.2) is 25.5 Å². The molecule has 0 spiro atoms. The first-order valence-corrected chi connectivity index (χ1v) is 9.10. The number of nitrogens with one attached hydrogen (secondary N) is 1. The maximum atomic E-state index is 13.4. The predicted molar refractivity (Wildman–Crippen MR) is 104 cm³/mol. The summed E-state index contributed by atoms with van der Waals surface area (Å²) in [5, 5.41) is 6.75. The number of hydrogen-bond donors (Lipinski definition) is 2. The zero-order chi connectivity index (χ0) is 24.0. The molecule has 13 heteroatoms. The van der Waals surface area contributed by atoms with Crippen LogP contribution in [0.25, 0.3) is 16.8 Å². The SMILES string of the molecule is NC(=O)c1nc(Nc2ccc(C(F)(F)F)cc2)n2ncc(-c3ncccc3C(F)(F)F)cc12. The van der Waals surface area contributed by atoms with Crippen LogP contribution in [0.5, 0.6) is 0 Å². The lowest BCUT2D eigenvalue weighted by molar-refractivity contribution is -0.138. The molecule has 4 aromatic rings. The average molecular weight is 466 g/mol. The van der Waals surface area contributed by atoms with Crippen molar-refractivity contribution < 1.29 is 31.1 Å². The Hall–Kier alpha value is -4.16. The van der Waals surface area contributed by atoms with Crippen LogP contribution >= 0.6 is 0 Å². The van der Waals surface area contributed by atoms with E-state index in [2.05, 4.69) is 20.4 Å². The van der Waals surface area contributed by atoms with Crippen molar-refractivity contribution in [3.8, 4) is 11.3 Å². The van der Waals surface area contributed by atoms with Crippen molar-refractivity contribution in [3.05, 3.63) is 71.7 Å². The minimum absolute atomic E-state index is 0.0202. The van der Waals surface area contributed by atoms with Crippen LogP contribution in [0.1, 0.15) is 21.6 Å². The monoisotopic (exact) mass is 466 g/mol. The summed E-state index contributed by atoms with van der Waals surface area (Å²) in [5.41, 5.74) is 2.91. The number of fused-ring (bicyclic) bond motifs is 1. The summed E-state index contributed by atoms with van der Waals surface area (Å²) in [5.74, 6) is -1.06. The number of carbonyl (C=O) groups is 1. The summed E-state index contributed by atoms with van der Waals surface area (Å²) < 4.78 is 79.5. The van der Waals surface area contributed by atoms with Crippen LogP contribution in [0.3, 0.4) is 0 Å². The third kappa shape index (κ3) is 4.29. The number of benzene rings is 1. The summed E-state index contributed by atoms with van der Waals surface area (Å²) in [6.07, 6.45) is -6.93. The van der Waals surface area contributed by atoms with E-state index >= 15 is 0 Å². The Morgan fingerprint density at radius 3 is 2.30 bits per heavy atom. The van der Waals surface area contributed by atoms with E-state index in [0.717, 1.165) is 47.1 Å². The number of imidazole rings is 1. The number of amides is 1. The van der Waals surface area contributed by atoms with Crippen LogP contribution in [0, 0.1) is 0 Å². The lowest BCUT2D eigenvalue weighted by Crippen LogP contribution is -2.12.